The van der Waals surface area contributed by atoms with Crippen molar-refractivity contribution < 1.29 is 9.59 Å². The Hall–Kier alpha value is -3.85. The molecule has 2 amide bonds. The summed E-state index contributed by atoms with van der Waals surface area (Å²) >= 11 is 6.50. The molecular formula is C25H22ClN7O2. The second kappa shape index (κ2) is 8.74. The Morgan fingerprint density at radius 2 is 1.69 bits per heavy atom. The van der Waals surface area contributed by atoms with Gasteiger partial charge in [0.25, 0.3) is 11.8 Å². The molecule has 0 spiro atoms. The van der Waals surface area contributed by atoms with Crippen LogP contribution in [-0.2, 0) is 0 Å². The zero-order valence-electron chi connectivity index (χ0n) is 18.8. The summed E-state index contributed by atoms with van der Waals surface area (Å²) in [5.41, 5.74) is 2.89. The van der Waals surface area contributed by atoms with Crippen LogP contribution in [0.4, 0.5) is 0 Å². The minimum absolute atomic E-state index is 0.0974. The fourth-order valence-electron chi connectivity index (χ4n) is 4.31. The maximum absolute atomic E-state index is 13.2. The van der Waals surface area contributed by atoms with Crippen molar-refractivity contribution >= 4 is 34.3 Å². The predicted octanol–water partition coefficient (Wildman–Crippen LogP) is 3.47. The molecule has 35 heavy (non-hydrogen) atoms. The van der Waals surface area contributed by atoms with Crippen LogP contribution in [0.2, 0.25) is 5.02 Å². The van der Waals surface area contributed by atoms with E-state index < -0.39 is 0 Å². The molecule has 176 valence electrons. The first kappa shape index (κ1) is 21.7. The average Bonchev–Trinajstić information content (AvgIpc) is 3.64. The fourth-order valence-corrected chi connectivity index (χ4v) is 4.58. The van der Waals surface area contributed by atoms with E-state index in [1.54, 1.807) is 45.1 Å². The van der Waals surface area contributed by atoms with Gasteiger partial charge in [0.15, 0.2) is 5.69 Å². The molecular weight excluding hydrogens is 466 g/mol. The zero-order valence-corrected chi connectivity index (χ0v) is 19.6. The van der Waals surface area contributed by atoms with Gasteiger partial charge < -0.3 is 9.80 Å². The van der Waals surface area contributed by atoms with E-state index in [4.69, 9.17) is 16.6 Å². The van der Waals surface area contributed by atoms with Gasteiger partial charge in [-0.25, -0.2) is 9.67 Å². The standard InChI is InChI=1S/C25H22ClN7O2/c26-19-14-22(20-3-1-2-8-27-20)28-21-13-16(4-7-18(19)21)24(34)31-9-11-32(12-10-31)25(35)23-15-33(30-29-23)17-5-6-17/h1-4,7-8,13-15,17H,5-6,9-12H2. The second-order valence-electron chi connectivity index (χ2n) is 8.84. The Kier molecular flexibility index (Phi) is 5.41. The number of hydrogen-bond acceptors (Lipinski definition) is 6. The molecule has 0 N–H and O–H groups in total. The normalized spacial score (nSPS) is 16.0. The number of piperazine rings is 1. The first-order chi connectivity index (χ1) is 17.1. The molecule has 1 aliphatic heterocycles. The number of halogens is 1. The van der Waals surface area contributed by atoms with Gasteiger partial charge in [0, 0.05) is 43.3 Å². The van der Waals surface area contributed by atoms with Crippen LogP contribution in [0.5, 0.6) is 0 Å². The lowest BCUT2D eigenvalue weighted by molar-refractivity contribution is 0.0532. The van der Waals surface area contributed by atoms with Crippen LogP contribution in [-0.4, -0.2) is 72.8 Å². The molecule has 1 aromatic carbocycles. The lowest BCUT2D eigenvalue weighted by atomic mass is 10.1. The van der Waals surface area contributed by atoms with Crippen molar-refractivity contribution in [3.63, 3.8) is 0 Å². The summed E-state index contributed by atoms with van der Waals surface area (Å²) in [6.45, 7) is 1.79. The van der Waals surface area contributed by atoms with Crippen LogP contribution < -0.4 is 0 Å². The highest BCUT2D eigenvalue weighted by molar-refractivity contribution is 6.35. The molecule has 0 radical (unpaired) electrons. The van der Waals surface area contributed by atoms with Gasteiger partial charge in [0.05, 0.1) is 34.2 Å². The molecule has 1 saturated heterocycles. The third-order valence-electron chi connectivity index (χ3n) is 6.44. The van der Waals surface area contributed by atoms with Gasteiger partial charge >= 0.3 is 0 Å². The largest absolute Gasteiger partial charge is 0.335 e. The Balaban J connectivity index is 1.17. The Morgan fingerprint density at radius 1 is 0.914 bits per heavy atom. The van der Waals surface area contributed by atoms with Crippen molar-refractivity contribution in [2.45, 2.75) is 18.9 Å². The maximum atomic E-state index is 13.2. The summed E-state index contributed by atoms with van der Waals surface area (Å²) in [7, 11) is 0. The molecule has 3 aromatic heterocycles. The molecule has 0 atom stereocenters. The van der Waals surface area contributed by atoms with Gasteiger partial charge in [-0.3, -0.25) is 14.6 Å². The van der Waals surface area contributed by atoms with Gasteiger partial charge in [0.1, 0.15) is 0 Å². The van der Waals surface area contributed by atoms with Crippen LogP contribution in [0.1, 0.15) is 39.7 Å². The summed E-state index contributed by atoms with van der Waals surface area (Å²) in [6, 6.07) is 13.1. The minimum Gasteiger partial charge on any atom is -0.335 e. The second-order valence-corrected chi connectivity index (χ2v) is 9.24. The van der Waals surface area contributed by atoms with Crippen LogP contribution >= 0.6 is 11.6 Å². The van der Waals surface area contributed by atoms with Gasteiger partial charge in [-0.2, -0.15) is 0 Å². The molecule has 1 saturated carbocycles. The molecule has 4 heterocycles. The van der Waals surface area contributed by atoms with Crippen LogP contribution in [0, 0.1) is 0 Å². The van der Waals surface area contributed by atoms with Crippen LogP contribution in [0.15, 0.2) is 54.9 Å². The van der Waals surface area contributed by atoms with E-state index >= 15 is 0 Å². The number of carbonyl (C=O) groups is 2. The highest BCUT2D eigenvalue weighted by Crippen LogP contribution is 2.33. The molecule has 2 fully saturated rings. The molecule has 0 unspecified atom stereocenters. The van der Waals surface area contributed by atoms with Crippen molar-refractivity contribution in [1.82, 2.24) is 34.8 Å². The van der Waals surface area contributed by atoms with Gasteiger partial charge in [-0.1, -0.05) is 28.9 Å². The number of benzene rings is 1. The van der Waals surface area contributed by atoms with E-state index in [2.05, 4.69) is 15.3 Å². The highest BCUT2D eigenvalue weighted by Gasteiger charge is 2.29. The molecule has 1 aliphatic carbocycles. The first-order valence-corrected chi connectivity index (χ1v) is 12.0. The average molecular weight is 488 g/mol. The first-order valence-electron chi connectivity index (χ1n) is 11.6. The van der Waals surface area contributed by atoms with E-state index in [0.29, 0.717) is 65.4 Å². The summed E-state index contributed by atoms with van der Waals surface area (Å²) in [5.74, 6) is -0.240. The van der Waals surface area contributed by atoms with Crippen molar-refractivity contribution in [2.24, 2.45) is 0 Å². The number of aromatic nitrogens is 5. The summed E-state index contributed by atoms with van der Waals surface area (Å²) in [6.07, 6.45) is 5.59. The number of carbonyl (C=O) groups excluding carboxylic acids is 2. The van der Waals surface area contributed by atoms with Crippen LogP contribution in [0.25, 0.3) is 22.3 Å². The SMILES string of the molecule is O=C(c1ccc2c(Cl)cc(-c3ccccn3)nc2c1)N1CCN(C(=O)c2cn(C3CC3)nn2)CC1. The maximum Gasteiger partial charge on any atom is 0.276 e. The van der Waals surface area contributed by atoms with Gasteiger partial charge in [-0.05, 0) is 43.2 Å². The van der Waals surface area contributed by atoms with E-state index in [1.165, 1.54) is 0 Å². The smallest absolute Gasteiger partial charge is 0.276 e. The number of hydrogen-bond donors (Lipinski definition) is 0. The number of pyridine rings is 2. The fraction of sp³-hybridized carbons (Fsp3) is 0.280. The number of rotatable bonds is 4. The van der Waals surface area contributed by atoms with Crippen molar-refractivity contribution in [3.05, 3.63) is 71.1 Å². The Labute approximate surface area is 206 Å². The summed E-state index contributed by atoms with van der Waals surface area (Å²) in [5, 5.41) is 9.44. The Bertz CT molecular complexity index is 1430. The number of nitrogens with zero attached hydrogens (tertiary/aromatic N) is 7. The third-order valence-corrected chi connectivity index (χ3v) is 6.75. The molecule has 9 nitrogen and oxygen atoms in total. The molecule has 10 heteroatoms. The Morgan fingerprint density at radius 3 is 2.40 bits per heavy atom. The summed E-state index contributed by atoms with van der Waals surface area (Å²) < 4.78 is 1.77. The molecule has 4 aromatic rings. The summed E-state index contributed by atoms with van der Waals surface area (Å²) in [4.78, 5) is 38.6. The molecule has 6 rings (SSSR count). The van der Waals surface area contributed by atoms with Crippen molar-refractivity contribution in [1.29, 1.82) is 0 Å². The van der Waals surface area contributed by atoms with E-state index in [1.807, 2.05) is 24.3 Å². The highest BCUT2D eigenvalue weighted by atomic mass is 35.5. The minimum atomic E-state index is -0.143. The van der Waals surface area contributed by atoms with Gasteiger partial charge in [-0.15, -0.1) is 5.10 Å². The monoisotopic (exact) mass is 487 g/mol. The molecule has 2 aliphatic rings. The van der Waals surface area contributed by atoms with Gasteiger partial charge in [0.2, 0.25) is 0 Å². The number of fused-ring (bicyclic) bond motifs is 1. The topological polar surface area (TPSA) is 97.1 Å². The molecule has 0 bridgehead atoms. The zero-order chi connectivity index (χ0) is 23.9. The van der Waals surface area contributed by atoms with E-state index in [9.17, 15) is 9.59 Å². The number of amides is 2. The van der Waals surface area contributed by atoms with Crippen molar-refractivity contribution in [3.8, 4) is 11.4 Å². The lowest BCUT2D eigenvalue weighted by Crippen LogP contribution is -2.50. The van der Waals surface area contributed by atoms with E-state index in [0.717, 1.165) is 18.2 Å². The predicted molar refractivity (Wildman–Crippen MR) is 130 cm³/mol. The van der Waals surface area contributed by atoms with E-state index in [-0.39, 0.29) is 11.8 Å². The lowest BCUT2D eigenvalue weighted by Gasteiger charge is -2.34. The van der Waals surface area contributed by atoms with Crippen LogP contribution in [0.3, 0.4) is 0 Å². The van der Waals surface area contributed by atoms with Crippen molar-refractivity contribution in [2.75, 3.05) is 26.2 Å². The third kappa shape index (κ3) is 4.23. The quantitative estimate of drug-likeness (QED) is 0.437.